The summed E-state index contributed by atoms with van der Waals surface area (Å²) in [6, 6.07) is -0.902. The van der Waals surface area contributed by atoms with Crippen LogP contribution in [-0.4, -0.2) is 140 Å². The van der Waals surface area contributed by atoms with Gasteiger partial charge >= 0.3 is 0 Å². The average Bonchev–Trinajstić information content (AvgIpc) is 3.14. The molecule has 306 valence electrons. The lowest BCUT2D eigenvalue weighted by Gasteiger charge is -2.46. The van der Waals surface area contributed by atoms with E-state index in [2.05, 4.69) is 12.2 Å². The van der Waals surface area contributed by atoms with E-state index in [1.165, 1.54) is 77.0 Å². The fourth-order valence-corrected chi connectivity index (χ4v) is 6.56. The Morgan fingerprint density at radius 1 is 0.673 bits per heavy atom. The average molecular weight is 750 g/mol. The number of carbonyl (C=O) groups excluding carboxylic acids is 1. The number of nitrogens with one attached hydrogen (secondary N) is 1. The molecule has 0 spiro atoms. The molecule has 2 aliphatic rings. The van der Waals surface area contributed by atoms with E-state index in [1.54, 1.807) is 6.08 Å². The molecule has 52 heavy (non-hydrogen) atoms. The highest BCUT2D eigenvalue weighted by atomic mass is 16.7. The first kappa shape index (κ1) is 46.9. The Hall–Kier alpha value is -1.27. The van der Waals surface area contributed by atoms with Crippen LogP contribution in [0, 0.1) is 0 Å². The number of hydrogen-bond donors (Lipinski definition) is 9. The standard InChI is InChI=1S/C38H71NO13/c1-3-5-7-8-9-10-11-12-13-14-15-16-17-18-19-20-21-27(42)26(39-30(43)22-6-4-2)25-49-37-35(48)33(46)36(29(24-41)51-37)52-38-34(47)32(45)31(44)28(23-40)50-38/h20-21,26-29,31-38,40-42,44-48H,3-19,22-25H2,1-2H3,(H,39,43)/b21-20+. The van der Waals surface area contributed by atoms with Gasteiger partial charge in [-0.05, 0) is 19.3 Å². The highest BCUT2D eigenvalue weighted by Gasteiger charge is 2.50. The SMILES string of the molecule is CCCCCCCCCCCCCCCC/C=C/C(O)C(COC1OC(CO)C(OC2OC(CO)C(O)C(O)C2O)C(O)C1O)NC(=O)CCCC. The Labute approximate surface area is 310 Å². The largest absolute Gasteiger partial charge is 0.394 e. The van der Waals surface area contributed by atoms with Crippen LogP contribution in [0.3, 0.4) is 0 Å². The van der Waals surface area contributed by atoms with Gasteiger partial charge in [-0.15, -0.1) is 0 Å². The van der Waals surface area contributed by atoms with E-state index in [0.717, 1.165) is 25.7 Å². The van der Waals surface area contributed by atoms with E-state index in [9.17, 15) is 45.6 Å². The molecule has 2 saturated heterocycles. The Kier molecular flexibility index (Phi) is 24.6. The minimum absolute atomic E-state index is 0.257. The van der Waals surface area contributed by atoms with Gasteiger partial charge in [0.05, 0.1) is 32.0 Å². The number of carbonyl (C=O) groups is 1. The number of aliphatic hydroxyl groups is 8. The van der Waals surface area contributed by atoms with Gasteiger partial charge in [0.1, 0.15) is 48.8 Å². The zero-order valence-electron chi connectivity index (χ0n) is 31.6. The van der Waals surface area contributed by atoms with E-state index in [-0.39, 0.29) is 18.9 Å². The van der Waals surface area contributed by atoms with E-state index in [1.807, 2.05) is 13.0 Å². The van der Waals surface area contributed by atoms with Crippen molar-refractivity contribution in [2.75, 3.05) is 19.8 Å². The van der Waals surface area contributed by atoms with Crippen LogP contribution in [0.25, 0.3) is 0 Å². The van der Waals surface area contributed by atoms with Crippen LogP contribution in [0.15, 0.2) is 12.2 Å². The molecule has 0 aromatic carbocycles. The summed E-state index contributed by atoms with van der Waals surface area (Å²) in [4.78, 5) is 12.6. The molecule has 14 heteroatoms. The second-order valence-corrected chi connectivity index (χ2v) is 14.4. The molecule has 2 heterocycles. The maximum atomic E-state index is 12.6. The van der Waals surface area contributed by atoms with Crippen LogP contribution >= 0.6 is 0 Å². The monoisotopic (exact) mass is 749 g/mol. The summed E-state index contributed by atoms with van der Waals surface area (Å²) >= 11 is 0. The summed E-state index contributed by atoms with van der Waals surface area (Å²) in [5.41, 5.74) is 0. The molecule has 14 nitrogen and oxygen atoms in total. The van der Waals surface area contributed by atoms with Gasteiger partial charge in [-0.3, -0.25) is 4.79 Å². The van der Waals surface area contributed by atoms with Gasteiger partial charge in [0.2, 0.25) is 5.91 Å². The number of ether oxygens (including phenoxy) is 4. The van der Waals surface area contributed by atoms with Crippen molar-refractivity contribution < 1.29 is 64.6 Å². The van der Waals surface area contributed by atoms with E-state index < -0.39 is 86.8 Å². The number of unbranched alkanes of at least 4 members (excludes halogenated alkanes) is 15. The lowest BCUT2D eigenvalue weighted by Crippen LogP contribution is -2.65. The second kappa shape index (κ2) is 27.3. The number of hydrogen-bond acceptors (Lipinski definition) is 13. The molecule has 2 aliphatic heterocycles. The van der Waals surface area contributed by atoms with Crippen molar-refractivity contribution in [3.63, 3.8) is 0 Å². The van der Waals surface area contributed by atoms with Crippen LogP contribution in [0.2, 0.25) is 0 Å². The van der Waals surface area contributed by atoms with Crippen molar-refractivity contribution in [1.82, 2.24) is 5.32 Å². The highest BCUT2D eigenvalue weighted by Crippen LogP contribution is 2.29. The van der Waals surface area contributed by atoms with E-state index >= 15 is 0 Å². The van der Waals surface area contributed by atoms with E-state index in [0.29, 0.717) is 6.42 Å². The Morgan fingerprint density at radius 3 is 1.75 bits per heavy atom. The second-order valence-electron chi connectivity index (χ2n) is 14.4. The minimum Gasteiger partial charge on any atom is -0.394 e. The van der Waals surface area contributed by atoms with Gasteiger partial charge in [-0.1, -0.05) is 116 Å². The van der Waals surface area contributed by atoms with Crippen molar-refractivity contribution in [1.29, 1.82) is 0 Å². The first-order valence-electron chi connectivity index (χ1n) is 19.9. The third kappa shape index (κ3) is 16.6. The Bertz CT molecular complexity index is 941. The predicted molar refractivity (Wildman–Crippen MR) is 194 cm³/mol. The highest BCUT2D eigenvalue weighted by molar-refractivity contribution is 5.76. The molecule has 12 unspecified atom stereocenters. The van der Waals surface area contributed by atoms with Crippen LogP contribution in [0.1, 0.15) is 129 Å². The topological polar surface area (TPSA) is 228 Å². The minimum atomic E-state index is -1.78. The quantitative estimate of drug-likeness (QED) is 0.0413. The summed E-state index contributed by atoms with van der Waals surface area (Å²) in [6.07, 6.45) is 6.90. The summed E-state index contributed by atoms with van der Waals surface area (Å²) in [5, 5.41) is 85.5. The molecule has 0 bridgehead atoms. The fraction of sp³-hybridized carbons (Fsp3) is 0.921. The number of rotatable bonds is 28. The van der Waals surface area contributed by atoms with Crippen molar-refractivity contribution in [2.45, 2.75) is 203 Å². The molecule has 2 fully saturated rings. The number of allylic oxidation sites excluding steroid dienone is 1. The van der Waals surface area contributed by atoms with Gasteiger partial charge < -0.3 is 65.1 Å². The van der Waals surface area contributed by atoms with Crippen molar-refractivity contribution in [2.24, 2.45) is 0 Å². The lowest BCUT2D eigenvalue weighted by molar-refractivity contribution is -0.359. The fourth-order valence-electron chi connectivity index (χ4n) is 6.56. The van der Waals surface area contributed by atoms with Crippen LogP contribution < -0.4 is 5.32 Å². The zero-order valence-corrected chi connectivity index (χ0v) is 31.6. The summed E-state index contributed by atoms with van der Waals surface area (Å²) in [5.74, 6) is -0.277. The molecular weight excluding hydrogens is 678 g/mol. The molecular formula is C38H71NO13. The Morgan fingerprint density at radius 2 is 1.19 bits per heavy atom. The molecule has 0 radical (unpaired) electrons. The van der Waals surface area contributed by atoms with Gasteiger partial charge in [-0.2, -0.15) is 0 Å². The van der Waals surface area contributed by atoms with Gasteiger partial charge in [0, 0.05) is 6.42 Å². The molecule has 0 aromatic heterocycles. The first-order valence-corrected chi connectivity index (χ1v) is 19.9. The number of amides is 1. The van der Waals surface area contributed by atoms with Crippen LogP contribution in [0.4, 0.5) is 0 Å². The summed E-state index contributed by atoms with van der Waals surface area (Å²) in [6.45, 7) is 2.49. The van der Waals surface area contributed by atoms with E-state index in [4.69, 9.17) is 18.9 Å². The van der Waals surface area contributed by atoms with Crippen LogP contribution in [0.5, 0.6) is 0 Å². The molecule has 2 rings (SSSR count). The normalized spacial score (nSPS) is 30.8. The molecule has 9 N–H and O–H groups in total. The molecule has 12 atom stereocenters. The Balaban J connectivity index is 1.83. The third-order valence-electron chi connectivity index (χ3n) is 9.97. The van der Waals surface area contributed by atoms with Crippen molar-refractivity contribution in [3.05, 3.63) is 12.2 Å². The predicted octanol–water partition coefficient (Wildman–Crippen LogP) is 2.09. The third-order valence-corrected chi connectivity index (χ3v) is 9.97. The summed E-state index contributed by atoms with van der Waals surface area (Å²) < 4.78 is 22.4. The molecule has 0 aromatic rings. The smallest absolute Gasteiger partial charge is 0.220 e. The lowest BCUT2D eigenvalue weighted by atomic mass is 9.97. The van der Waals surface area contributed by atoms with Crippen molar-refractivity contribution >= 4 is 5.91 Å². The molecule has 0 aliphatic carbocycles. The first-order chi connectivity index (χ1) is 25.1. The van der Waals surface area contributed by atoms with Gasteiger partial charge in [0.25, 0.3) is 0 Å². The van der Waals surface area contributed by atoms with Gasteiger partial charge in [0.15, 0.2) is 12.6 Å². The van der Waals surface area contributed by atoms with Crippen molar-refractivity contribution in [3.8, 4) is 0 Å². The number of aliphatic hydroxyl groups excluding tert-OH is 8. The van der Waals surface area contributed by atoms with Gasteiger partial charge in [-0.25, -0.2) is 0 Å². The van der Waals surface area contributed by atoms with Crippen LogP contribution in [-0.2, 0) is 23.7 Å². The maximum absolute atomic E-state index is 12.6. The zero-order chi connectivity index (χ0) is 38.3. The molecule has 1 amide bonds. The molecule has 0 saturated carbocycles. The summed E-state index contributed by atoms with van der Waals surface area (Å²) in [7, 11) is 0. The maximum Gasteiger partial charge on any atom is 0.220 e.